The van der Waals surface area contributed by atoms with Crippen LogP contribution in [-0.4, -0.2) is 38.0 Å². The number of carbonyl (C=O) groups excluding carboxylic acids is 1. The van der Waals surface area contributed by atoms with Crippen LogP contribution in [0.5, 0.6) is 0 Å². The quantitative estimate of drug-likeness (QED) is 0.705. The molecule has 4 nitrogen and oxygen atoms in total. The number of hydrogen-bond acceptors (Lipinski definition) is 2. The van der Waals surface area contributed by atoms with E-state index in [9.17, 15) is 18.0 Å². The van der Waals surface area contributed by atoms with Gasteiger partial charge in [0.15, 0.2) is 0 Å². The molecule has 1 saturated carbocycles. The summed E-state index contributed by atoms with van der Waals surface area (Å²) in [6.45, 7) is 3.39. The van der Waals surface area contributed by atoms with E-state index in [1.54, 1.807) is 0 Å². The molecule has 1 aliphatic rings. The molecule has 0 spiro atoms. The predicted molar refractivity (Wildman–Crippen MR) is 78.6 cm³/mol. The Bertz CT molecular complexity index is 335. The van der Waals surface area contributed by atoms with E-state index in [1.807, 2.05) is 0 Å². The first kappa shape index (κ1) is 19.1. The predicted octanol–water partition coefficient (Wildman–Crippen LogP) is 3.47. The molecule has 1 aliphatic carbocycles. The highest BCUT2D eigenvalue weighted by molar-refractivity contribution is 5.74. The molecule has 0 aromatic carbocycles. The van der Waals surface area contributed by atoms with Crippen molar-refractivity contribution in [1.82, 2.24) is 10.6 Å². The highest BCUT2D eigenvalue weighted by atomic mass is 19.4. The number of urea groups is 1. The van der Waals surface area contributed by atoms with Gasteiger partial charge in [-0.3, -0.25) is 0 Å². The standard InChI is InChI=1S/C15H27F3N2O2/c1-11(2)12-6-3-4-7-13(12)20-14(21)19-8-5-9-22-10-15(16,17)18/h11-13H,3-10H2,1-2H3,(H2,19,20,21). The zero-order valence-corrected chi connectivity index (χ0v) is 13.3. The maximum absolute atomic E-state index is 11.9. The fourth-order valence-corrected chi connectivity index (χ4v) is 2.92. The molecule has 2 amide bonds. The molecule has 0 aromatic heterocycles. The molecule has 1 rings (SSSR count). The van der Waals surface area contributed by atoms with E-state index in [-0.39, 0.29) is 18.7 Å². The number of nitrogens with one attached hydrogen (secondary N) is 2. The van der Waals surface area contributed by atoms with E-state index in [2.05, 4.69) is 29.2 Å². The summed E-state index contributed by atoms with van der Waals surface area (Å²) < 4.78 is 40.0. The lowest BCUT2D eigenvalue weighted by molar-refractivity contribution is -0.173. The van der Waals surface area contributed by atoms with Crippen molar-refractivity contribution in [3.63, 3.8) is 0 Å². The van der Waals surface area contributed by atoms with Crippen LogP contribution in [0.15, 0.2) is 0 Å². The molecule has 1 fully saturated rings. The molecule has 7 heteroatoms. The summed E-state index contributed by atoms with van der Waals surface area (Å²) in [5.74, 6) is 1.02. The van der Waals surface area contributed by atoms with E-state index in [0.29, 0.717) is 24.8 Å². The van der Waals surface area contributed by atoms with E-state index < -0.39 is 12.8 Å². The SMILES string of the molecule is CC(C)C1CCCCC1NC(=O)NCCCOCC(F)(F)F. The second kappa shape index (κ2) is 9.22. The normalized spacial score (nSPS) is 22.6. The Kier molecular flexibility index (Phi) is 8.00. The zero-order valence-electron chi connectivity index (χ0n) is 13.3. The second-order valence-electron chi connectivity index (χ2n) is 6.22. The summed E-state index contributed by atoms with van der Waals surface area (Å²) in [4.78, 5) is 11.8. The summed E-state index contributed by atoms with van der Waals surface area (Å²) in [5, 5.41) is 5.67. The maximum atomic E-state index is 11.9. The van der Waals surface area contributed by atoms with Crippen molar-refractivity contribution >= 4 is 6.03 Å². The molecule has 2 N–H and O–H groups in total. The third-order valence-corrected chi connectivity index (χ3v) is 4.01. The van der Waals surface area contributed by atoms with Gasteiger partial charge in [0.2, 0.25) is 0 Å². The molecule has 0 bridgehead atoms. The highest BCUT2D eigenvalue weighted by Crippen LogP contribution is 2.30. The number of rotatable bonds is 7. The molecule has 0 aliphatic heterocycles. The van der Waals surface area contributed by atoms with Crippen LogP contribution in [0.3, 0.4) is 0 Å². The van der Waals surface area contributed by atoms with Crippen molar-refractivity contribution in [3.05, 3.63) is 0 Å². The van der Waals surface area contributed by atoms with Crippen molar-refractivity contribution < 1.29 is 22.7 Å². The topological polar surface area (TPSA) is 50.4 Å². The summed E-state index contributed by atoms with van der Waals surface area (Å²) in [6, 6.07) is -0.0522. The summed E-state index contributed by atoms with van der Waals surface area (Å²) in [5.41, 5.74) is 0. The van der Waals surface area contributed by atoms with Crippen molar-refractivity contribution in [2.45, 2.75) is 58.2 Å². The molecular weight excluding hydrogens is 297 g/mol. The van der Waals surface area contributed by atoms with E-state index in [0.717, 1.165) is 19.3 Å². The third-order valence-electron chi connectivity index (χ3n) is 4.01. The Hall–Kier alpha value is -0.980. The third kappa shape index (κ3) is 7.87. The van der Waals surface area contributed by atoms with Gasteiger partial charge in [-0.2, -0.15) is 13.2 Å². The first-order valence-corrected chi connectivity index (χ1v) is 7.98. The number of halogens is 3. The molecule has 2 unspecified atom stereocenters. The lowest BCUT2D eigenvalue weighted by Crippen LogP contribution is -2.48. The van der Waals surface area contributed by atoms with E-state index in [1.165, 1.54) is 6.42 Å². The fourth-order valence-electron chi connectivity index (χ4n) is 2.92. The molecule has 0 radical (unpaired) electrons. The van der Waals surface area contributed by atoms with Crippen LogP contribution < -0.4 is 10.6 Å². The zero-order chi connectivity index (χ0) is 16.6. The van der Waals surface area contributed by atoms with Gasteiger partial charge in [-0.05, 0) is 31.1 Å². The summed E-state index contributed by atoms with van der Waals surface area (Å²) in [7, 11) is 0. The van der Waals surface area contributed by atoms with Crippen LogP contribution in [0.25, 0.3) is 0 Å². The molecule has 0 aromatic rings. The first-order valence-electron chi connectivity index (χ1n) is 7.98. The lowest BCUT2D eigenvalue weighted by Gasteiger charge is -2.34. The van der Waals surface area contributed by atoms with Crippen molar-refractivity contribution in [2.24, 2.45) is 11.8 Å². The first-order chi connectivity index (χ1) is 10.3. The lowest BCUT2D eigenvalue weighted by atomic mass is 9.78. The average Bonchev–Trinajstić information content (AvgIpc) is 2.42. The Balaban J connectivity index is 2.15. The van der Waals surface area contributed by atoms with Crippen molar-refractivity contribution in [3.8, 4) is 0 Å². The van der Waals surface area contributed by atoms with Crippen LogP contribution >= 0.6 is 0 Å². The van der Waals surface area contributed by atoms with Gasteiger partial charge < -0.3 is 15.4 Å². The van der Waals surface area contributed by atoms with Crippen LogP contribution in [0.4, 0.5) is 18.0 Å². The molecule has 0 heterocycles. The Morgan fingerprint density at radius 2 is 1.95 bits per heavy atom. The minimum absolute atomic E-state index is 0.0160. The second-order valence-corrected chi connectivity index (χ2v) is 6.22. The van der Waals surface area contributed by atoms with Crippen molar-refractivity contribution in [1.29, 1.82) is 0 Å². The van der Waals surface area contributed by atoms with Crippen LogP contribution in [0.2, 0.25) is 0 Å². The van der Waals surface area contributed by atoms with Gasteiger partial charge in [0.05, 0.1) is 0 Å². The van der Waals surface area contributed by atoms with Gasteiger partial charge in [0.25, 0.3) is 0 Å². The molecule has 0 saturated heterocycles. The molecule has 2 atom stereocenters. The van der Waals surface area contributed by atoms with Gasteiger partial charge >= 0.3 is 12.2 Å². The van der Waals surface area contributed by atoms with Crippen LogP contribution in [0, 0.1) is 11.8 Å². The van der Waals surface area contributed by atoms with E-state index in [4.69, 9.17) is 0 Å². The smallest absolute Gasteiger partial charge is 0.372 e. The molecular formula is C15H27F3N2O2. The Labute approximate surface area is 130 Å². The fraction of sp³-hybridized carbons (Fsp3) is 0.933. The van der Waals surface area contributed by atoms with E-state index >= 15 is 0 Å². The number of carbonyl (C=O) groups is 1. The number of alkyl halides is 3. The number of ether oxygens (including phenoxy) is 1. The Morgan fingerprint density at radius 1 is 1.27 bits per heavy atom. The van der Waals surface area contributed by atoms with Gasteiger partial charge in [-0.25, -0.2) is 4.79 Å². The minimum atomic E-state index is -4.29. The van der Waals surface area contributed by atoms with Crippen LogP contribution in [-0.2, 0) is 4.74 Å². The Morgan fingerprint density at radius 3 is 2.59 bits per heavy atom. The minimum Gasteiger partial charge on any atom is -0.372 e. The number of amides is 2. The van der Waals surface area contributed by atoms with Gasteiger partial charge in [-0.15, -0.1) is 0 Å². The monoisotopic (exact) mass is 324 g/mol. The maximum Gasteiger partial charge on any atom is 0.411 e. The summed E-state index contributed by atoms with van der Waals surface area (Å²) >= 11 is 0. The molecule has 22 heavy (non-hydrogen) atoms. The highest BCUT2D eigenvalue weighted by Gasteiger charge is 2.28. The molecule has 130 valence electrons. The average molecular weight is 324 g/mol. The van der Waals surface area contributed by atoms with Crippen LogP contribution in [0.1, 0.15) is 46.0 Å². The van der Waals surface area contributed by atoms with Gasteiger partial charge in [0.1, 0.15) is 6.61 Å². The van der Waals surface area contributed by atoms with Gasteiger partial charge in [0, 0.05) is 19.2 Å². The van der Waals surface area contributed by atoms with Gasteiger partial charge in [-0.1, -0.05) is 26.7 Å². The van der Waals surface area contributed by atoms with Crippen molar-refractivity contribution in [2.75, 3.05) is 19.8 Å². The largest absolute Gasteiger partial charge is 0.411 e. The number of hydrogen-bond donors (Lipinski definition) is 2. The summed E-state index contributed by atoms with van der Waals surface area (Å²) in [6.07, 6.45) is 0.525.